The summed E-state index contributed by atoms with van der Waals surface area (Å²) in [4.78, 5) is 29.8. The van der Waals surface area contributed by atoms with Gasteiger partial charge in [0.1, 0.15) is 11.4 Å². The number of aromatic nitrogens is 2. The predicted molar refractivity (Wildman–Crippen MR) is 143 cm³/mol. The van der Waals surface area contributed by atoms with Crippen molar-refractivity contribution in [3.05, 3.63) is 88.1 Å². The Balaban J connectivity index is 1.77. The molecule has 4 aromatic rings. The van der Waals surface area contributed by atoms with Crippen molar-refractivity contribution in [2.75, 3.05) is 7.11 Å². The van der Waals surface area contributed by atoms with Crippen molar-refractivity contribution < 1.29 is 24.2 Å². The average molecular weight is 501 g/mol. The van der Waals surface area contributed by atoms with Crippen LogP contribution in [0.15, 0.2) is 54.6 Å². The minimum absolute atomic E-state index is 0.0505. The monoisotopic (exact) mass is 500 g/mol. The number of hydrogen-bond acceptors (Lipinski definition) is 5. The quantitative estimate of drug-likeness (QED) is 0.279. The average Bonchev–Trinajstić information content (AvgIpc) is 3.17. The molecule has 4 rings (SSSR count). The number of benzene rings is 2. The molecule has 2 aromatic carbocycles. The molecule has 1 unspecified atom stereocenters. The number of ketones is 1. The van der Waals surface area contributed by atoms with Gasteiger partial charge in [-0.1, -0.05) is 55.8 Å². The molecule has 0 radical (unpaired) electrons. The van der Waals surface area contributed by atoms with Gasteiger partial charge in [-0.25, -0.2) is 4.79 Å². The third-order valence-corrected chi connectivity index (χ3v) is 6.65. The highest BCUT2D eigenvalue weighted by molar-refractivity contribution is 6.17. The zero-order valence-electron chi connectivity index (χ0n) is 21.9. The Kier molecular flexibility index (Phi) is 7.62. The van der Waals surface area contributed by atoms with Crippen LogP contribution in [0.1, 0.15) is 58.6 Å². The van der Waals surface area contributed by atoms with Crippen LogP contribution in [0.3, 0.4) is 0 Å². The van der Waals surface area contributed by atoms with Gasteiger partial charge in [-0.05, 0) is 49.9 Å². The molecule has 0 bridgehead atoms. The van der Waals surface area contributed by atoms with Gasteiger partial charge in [-0.3, -0.25) is 4.79 Å². The topological polar surface area (TPSA) is 90.7 Å². The number of carbonyl (C=O) groups is 2. The Hall–Kier alpha value is -4.13. The van der Waals surface area contributed by atoms with Gasteiger partial charge in [0, 0.05) is 29.3 Å². The maximum absolute atomic E-state index is 13.6. The molecule has 0 saturated heterocycles. The summed E-state index contributed by atoms with van der Waals surface area (Å²) < 4.78 is 13.2. The van der Waals surface area contributed by atoms with Gasteiger partial charge in [0.25, 0.3) is 0 Å². The van der Waals surface area contributed by atoms with Gasteiger partial charge in [0.15, 0.2) is 11.9 Å². The zero-order valence-corrected chi connectivity index (χ0v) is 21.9. The number of carbonyl (C=O) groups excluding carboxylic acids is 1. The first-order valence-corrected chi connectivity index (χ1v) is 12.4. The summed E-state index contributed by atoms with van der Waals surface area (Å²) in [6, 6.07) is 17.0. The van der Waals surface area contributed by atoms with Crippen molar-refractivity contribution in [3.8, 4) is 11.6 Å². The second kappa shape index (κ2) is 10.9. The number of pyridine rings is 1. The largest absolute Gasteiger partial charge is 0.481 e. The van der Waals surface area contributed by atoms with Crippen LogP contribution < -0.4 is 9.47 Å². The minimum Gasteiger partial charge on any atom is -0.481 e. The van der Waals surface area contributed by atoms with E-state index < -0.39 is 12.1 Å². The fourth-order valence-corrected chi connectivity index (χ4v) is 4.53. The molecule has 0 aliphatic rings. The van der Waals surface area contributed by atoms with Crippen LogP contribution in [-0.4, -0.2) is 39.6 Å². The van der Waals surface area contributed by atoms with Crippen molar-refractivity contribution >= 4 is 22.8 Å². The Morgan fingerprint density at radius 1 is 1.03 bits per heavy atom. The summed E-state index contributed by atoms with van der Waals surface area (Å²) >= 11 is 0. The van der Waals surface area contributed by atoms with Crippen LogP contribution in [0.2, 0.25) is 0 Å². The van der Waals surface area contributed by atoms with E-state index in [1.165, 1.54) is 0 Å². The number of ether oxygens (including phenoxy) is 2. The number of fused-ring (bicyclic) bond motifs is 1. The molecule has 0 fully saturated rings. The van der Waals surface area contributed by atoms with Crippen molar-refractivity contribution in [1.82, 2.24) is 9.55 Å². The molecule has 2 heterocycles. The third kappa shape index (κ3) is 5.21. The van der Waals surface area contributed by atoms with E-state index in [0.717, 1.165) is 27.8 Å². The van der Waals surface area contributed by atoms with Gasteiger partial charge in [0.05, 0.1) is 12.7 Å². The normalized spacial score (nSPS) is 11.9. The van der Waals surface area contributed by atoms with Crippen LogP contribution >= 0.6 is 0 Å². The van der Waals surface area contributed by atoms with Crippen LogP contribution in [0, 0.1) is 13.8 Å². The lowest BCUT2D eigenvalue weighted by molar-refractivity contribution is -0.145. The Bertz CT molecular complexity index is 1450. The molecule has 7 heteroatoms. The van der Waals surface area contributed by atoms with Gasteiger partial charge >= 0.3 is 5.97 Å². The van der Waals surface area contributed by atoms with Crippen LogP contribution in [0.5, 0.6) is 11.6 Å². The lowest BCUT2D eigenvalue weighted by atomic mass is 10.0. The van der Waals surface area contributed by atoms with Crippen LogP contribution in [-0.2, 0) is 17.8 Å². The van der Waals surface area contributed by atoms with E-state index in [0.29, 0.717) is 47.8 Å². The van der Waals surface area contributed by atoms with Crippen LogP contribution in [0.25, 0.3) is 11.0 Å². The highest BCUT2D eigenvalue weighted by Crippen LogP contribution is 2.31. The molecule has 0 saturated carbocycles. The molecule has 1 N–H and O–H groups in total. The molecule has 7 nitrogen and oxygen atoms in total. The molecule has 0 aliphatic heterocycles. The van der Waals surface area contributed by atoms with Crippen molar-refractivity contribution in [2.45, 2.75) is 53.2 Å². The van der Waals surface area contributed by atoms with E-state index in [9.17, 15) is 14.7 Å². The fourth-order valence-electron chi connectivity index (χ4n) is 4.53. The van der Waals surface area contributed by atoms with E-state index in [1.807, 2.05) is 73.9 Å². The summed E-state index contributed by atoms with van der Waals surface area (Å²) in [6.07, 6.45) is 0.173. The standard InChI is InChI=1S/C30H32N2O5/c1-6-21-16-20(10-14-25(21)37-24(7-2)30(34)35)17-32-19(4)27(23-13-15-26(36-5)31-29(23)32)28(33)22-11-8-18(3)9-12-22/h8-16,24H,6-7,17H2,1-5H3,(H,34,35). The van der Waals surface area contributed by atoms with Crippen molar-refractivity contribution in [2.24, 2.45) is 0 Å². The number of carboxylic acids is 1. The molecular formula is C30H32N2O5. The summed E-state index contributed by atoms with van der Waals surface area (Å²) in [5.74, 6) is 0.0156. The summed E-state index contributed by atoms with van der Waals surface area (Å²) in [7, 11) is 1.57. The lowest BCUT2D eigenvalue weighted by Crippen LogP contribution is -2.26. The summed E-state index contributed by atoms with van der Waals surface area (Å²) in [5.41, 5.74) is 5.74. The highest BCUT2D eigenvalue weighted by Gasteiger charge is 2.23. The molecular weight excluding hydrogens is 468 g/mol. The lowest BCUT2D eigenvalue weighted by Gasteiger charge is -2.17. The van der Waals surface area contributed by atoms with Gasteiger partial charge in [0.2, 0.25) is 5.88 Å². The van der Waals surface area contributed by atoms with Gasteiger partial charge in [-0.15, -0.1) is 0 Å². The van der Waals surface area contributed by atoms with Crippen LogP contribution in [0.4, 0.5) is 0 Å². The number of aliphatic carboxylic acids is 1. The predicted octanol–water partition coefficient (Wildman–Crippen LogP) is 5.75. The molecule has 0 spiro atoms. The first-order valence-electron chi connectivity index (χ1n) is 12.4. The van der Waals surface area contributed by atoms with Gasteiger partial charge in [-0.2, -0.15) is 4.98 Å². The first kappa shape index (κ1) is 25.9. The number of nitrogens with zero attached hydrogens (tertiary/aromatic N) is 2. The Labute approximate surface area is 216 Å². The van der Waals surface area contributed by atoms with E-state index in [4.69, 9.17) is 14.5 Å². The van der Waals surface area contributed by atoms with Crippen molar-refractivity contribution in [1.29, 1.82) is 0 Å². The fraction of sp³-hybridized carbons (Fsp3) is 0.300. The second-order valence-electron chi connectivity index (χ2n) is 9.12. The zero-order chi connectivity index (χ0) is 26.7. The third-order valence-electron chi connectivity index (χ3n) is 6.65. The van der Waals surface area contributed by atoms with Gasteiger partial charge < -0.3 is 19.1 Å². The SMILES string of the molecule is CCc1cc(Cn2c(C)c(C(=O)c3ccc(C)cc3)c3ccc(OC)nc32)ccc1OC(CC)C(=O)O. The molecule has 0 amide bonds. The Morgan fingerprint density at radius 3 is 2.38 bits per heavy atom. The first-order chi connectivity index (χ1) is 17.8. The van der Waals surface area contributed by atoms with Crippen molar-refractivity contribution in [3.63, 3.8) is 0 Å². The molecule has 0 aliphatic carbocycles. The van der Waals surface area contributed by atoms with E-state index in [-0.39, 0.29) is 5.78 Å². The summed E-state index contributed by atoms with van der Waals surface area (Å²) in [5, 5.41) is 10.2. The second-order valence-corrected chi connectivity index (χ2v) is 9.12. The molecule has 1 atom stereocenters. The van der Waals surface area contributed by atoms with E-state index in [2.05, 4.69) is 0 Å². The minimum atomic E-state index is -0.978. The van der Waals surface area contributed by atoms with E-state index >= 15 is 0 Å². The summed E-state index contributed by atoms with van der Waals surface area (Å²) in [6.45, 7) is 8.20. The molecule has 192 valence electrons. The smallest absolute Gasteiger partial charge is 0.344 e. The highest BCUT2D eigenvalue weighted by atomic mass is 16.5. The molecule has 2 aromatic heterocycles. The number of carboxylic acid groups (broad SMARTS) is 1. The number of rotatable bonds is 10. The maximum Gasteiger partial charge on any atom is 0.344 e. The maximum atomic E-state index is 13.6. The Morgan fingerprint density at radius 2 is 1.76 bits per heavy atom. The number of hydrogen-bond donors (Lipinski definition) is 1. The van der Waals surface area contributed by atoms with E-state index in [1.54, 1.807) is 20.1 Å². The molecule has 37 heavy (non-hydrogen) atoms. The number of aryl methyl sites for hydroxylation is 2. The number of methoxy groups -OCH3 is 1.